The highest BCUT2D eigenvalue weighted by atomic mass is 16.1. The van der Waals surface area contributed by atoms with Crippen LogP contribution in [-0.4, -0.2) is 19.4 Å². The SMILES string of the molecule is CCC(C)CC(=O)c1ccccc1CCNC. The molecule has 0 fully saturated rings. The van der Waals surface area contributed by atoms with Gasteiger partial charge in [0.15, 0.2) is 5.78 Å². The van der Waals surface area contributed by atoms with Gasteiger partial charge in [-0.25, -0.2) is 0 Å². The van der Waals surface area contributed by atoms with E-state index in [1.54, 1.807) is 0 Å². The van der Waals surface area contributed by atoms with Crippen LogP contribution >= 0.6 is 0 Å². The summed E-state index contributed by atoms with van der Waals surface area (Å²) in [6, 6.07) is 7.97. The number of ketones is 1. The molecule has 0 spiro atoms. The number of likely N-dealkylation sites (N-methyl/N-ethyl adjacent to an activating group) is 1. The molecule has 1 aromatic carbocycles. The molecule has 2 heteroatoms. The van der Waals surface area contributed by atoms with Crippen molar-refractivity contribution in [2.75, 3.05) is 13.6 Å². The van der Waals surface area contributed by atoms with Gasteiger partial charge in [-0.15, -0.1) is 0 Å². The van der Waals surface area contributed by atoms with E-state index in [1.807, 2.05) is 25.2 Å². The van der Waals surface area contributed by atoms with E-state index < -0.39 is 0 Å². The lowest BCUT2D eigenvalue weighted by Gasteiger charge is -2.11. The van der Waals surface area contributed by atoms with Gasteiger partial charge >= 0.3 is 0 Å². The smallest absolute Gasteiger partial charge is 0.163 e. The lowest BCUT2D eigenvalue weighted by Crippen LogP contribution is -2.14. The zero-order chi connectivity index (χ0) is 12.7. The summed E-state index contributed by atoms with van der Waals surface area (Å²) >= 11 is 0. The molecule has 1 N–H and O–H groups in total. The van der Waals surface area contributed by atoms with Crippen LogP contribution in [0.3, 0.4) is 0 Å². The Hall–Kier alpha value is -1.15. The summed E-state index contributed by atoms with van der Waals surface area (Å²) in [5.74, 6) is 0.755. The van der Waals surface area contributed by atoms with Crippen molar-refractivity contribution >= 4 is 5.78 Å². The molecule has 17 heavy (non-hydrogen) atoms. The molecule has 2 nitrogen and oxygen atoms in total. The largest absolute Gasteiger partial charge is 0.319 e. The van der Waals surface area contributed by atoms with E-state index in [2.05, 4.69) is 25.2 Å². The predicted octanol–water partition coefficient (Wildman–Crippen LogP) is 3.07. The minimum atomic E-state index is 0.283. The Labute approximate surface area is 104 Å². The third-order valence-electron chi connectivity index (χ3n) is 3.19. The highest BCUT2D eigenvalue weighted by Crippen LogP contribution is 2.16. The lowest BCUT2D eigenvalue weighted by molar-refractivity contribution is 0.0963. The molecule has 1 unspecified atom stereocenters. The number of nitrogens with one attached hydrogen (secondary N) is 1. The fourth-order valence-electron chi connectivity index (χ4n) is 1.84. The summed E-state index contributed by atoms with van der Waals surface area (Å²) in [6.45, 7) is 5.17. The maximum Gasteiger partial charge on any atom is 0.163 e. The number of hydrogen-bond donors (Lipinski definition) is 1. The van der Waals surface area contributed by atoms with Crippen LogP contribution in [0.5, 0.6) is 0 Å². The molecule has 1 atom stereocenters. The highest BCUT2D eigenvalue weighted by Gasteiger charge is 2.13. The van der Waals surface area contributed by atoms with Crippen LogP contribution in [0.1, 0.15) is 42.6 Å². The van der Waals surface area contributed by atoms with E-state index in [4.69, 9.17) is 0 Å². The molecule has 0 radical (unpaired) electrons. The molecule has 0 saturated carbocycles. The Kier molecular flexibility index (Phi) is 5.92. The maximum atomic E-state index is 12.2. The summed E-state index contributed by atoms with van der Waals surface area (Å²) < 4.78 is 0. The summed E-state index contributed by atoms with van der Waals surface area (Å²) in [5, 5.41) is 3.12. The Bertz CT molecular complexity index is 360. The van der Waals surface area contributed by atoms with E-state index in [-0.39, 0.29) is 5.78 Å². The van der Waals surface area contributed by atoms with Gasteiger partial charge in [0.25, 0.3) is 0 Å². The first-order valence-electron chi connectivity index (χ1n) is 6.44. The quantitative estimate of drug-likeness (QED) is 0.733. The summed E-state index contributed by atoms with van der Waals surface area (Å²) in [6.07, 6.45) is 2.64. The van der Waals surface area contributed by atoms with Crippen molar-refractivity contribution in [3.63, 3.8) is 0 Å². The molecular weight excluding hydrogens is 210 g/mol. The molecule has 0 amide bonds. The van der Waals surface area contributed by atoms with Crippen LogP contribution < -0.4 is 5.32 Å². The van der Waals surface area contributed by atoms with Crippen LogP contribution in [0.2, 0.25) is 0 Å². The number of carbonyl (C=O) groups is 1. The van der Waals surface area contributed by atoms with E-state index >= 15 is 0 Å². The van der Waals surface area contributed by atoms with Gasteiger partial charge in [0.05, 0.1) is 0 Å². The van der Waals surface area contributed by atoms with Gasteiger partial charge in [0, 0.05) is 12.0 Å². The molecule has 1 aromatic rings. The average molecular weight is 233 g/mol. The monoisotopic (exact) mass is 233 g/mol. The molecule has 0 saturated heterocycles. The first-order valence-corrected chi connectivity index (χ1v) is 6.44. The highest BCUT2D eigenvalue weighted by molar-refractivity contribution is 5.97. The second-order valence-electron chi connectivity index (χ2n) is 4.65. The van der Waals surface area contributed by atoms with Crippen molar-refractivity contribution in [3.05, 3.63) is 35.4 Å². The third kappa shape index (κ3) is 4.31. The Balaban J connectivity index is 2.77. The normalized spacial score (nSPS) is 12.4. The predicted molar refractivity (Wildman–Crippen MR) is 72.5 cm³/mol. The molecule has 94 valence electrons. The summed E-state index contributed by atoms with van der Waals surface area (Å²) in [5.41, 5.74) is 2.07. The zero-order valence-electron chi connectivity index (χ0n) is 11.1. The van der Waals surface area contributed by atoms with Gasteiger partial charge in [-0.05, 0) is 31.5 Å². The van der Waals surface area contributed by atoms with E-state index in [1.165, 1.54) is 0 Å². The second kappa shape index (κ2) is 7.23. The van der Waals surface area contributed by atoms with Crippen LogP contribution in [0.4, 0.5) is 0 Å². The van der Waals surface area contributed by atoms with Gasteiger partial charge in [-0.3, -0.25) is 4.79 Å². The minimum absolute atomic E-state index is 0.283. The third-order valence-corrected chi connectivity index (χ3v) is 3.19. The van der Waals surface area contributed by atoms with E-state index in [0.717, 1.165) is 30.5 Å². The molecular formula is C15H23NO. The second-order valence-corrected chi connectivity index (χ2v) is 4.65. The van der Waals surface area contributed by atoms with Crippen LogP contribution in [0.25, 0.3) is 0 Å². The first kappa shape index (κ1) is 13.9. The Morgan fingerprint density at radius 2 is 2.06 bits per heavy atom. The maximum absolute atomic E-state index is 12.2. The molecule has 0 bridgehead atoms. The lowest BCUT2D eigenvalue weighted by atomic mass is 9.94. The molecule has 0 aliphatic rings. The Morgan fingerprint density at radius 3 is 2.71 bits per heavy atom. The van der Waals surface area contributed by atoms with Gasteiger partial charge in [0.2, 0.25) is 0 Å². The topological polar surface area (TPSA) is 29.1 Å². The number of Topliss-reactive ketones (excluding diaryl/α,β-unsaturated/α-hetero) is 1. The van der Waals surface area contributed by atoms with Gasteiger partial charge in [-0.2, -0.15) is 0 Å². The van der Waals surface area contributed by atoms with Crippen LogP contribution in [0, 0.1) is 5.92 Å². The summed E-state index contributed by atoms with van der Waals surface area (Å²) in [4.78, 5) is 12.2. The standard InChI is InChI=1S/C15H23NO/c1-4-12(2)11-15(17)14-8-6-5-7-13(14)9-10-16-3/h5-8,12,16H,4,9-11H2,1-3H3. The number of carbonyl (C=O) groups excluding carboxylic acids is 1. The van der Waals surface area contributed by atoms with Gasteiger partial charge in [-0.1, -0.05) is 44.5 Å². The van der Waals surface area contributed by atoms with Crippen molar-refractivity contribution in [3.8, 4) is 0 Å². The molecule has 1 rings (SSSR count). The van der Waals surface area contributed by atoms with Crippen LogP contribution in [0.15, 0.2) is 24.3 Å². The van der Waals surface area contributed by atoms with Crippen molar-refractivity contribution < 1.29 is 4.79 Å². The molecule has 0 aromatic heterocycles. The first-order chi connectivity index (χ1) is 8.19. The Morgan fingerprint density at radius 1 is 1.35 bits per heavy atom. The molecule has 0 heterocycles. The summed E-state index contributed by atoms with van der Waals surface area (Å²) in [7, 11) is 1.93. The van der Waals surface area contributed by atoms with Crippen LogP contribution in [-0.2, 0) is 6.42 Å². The van der Waals surface area contributed by atoms with Crippen molar-refractivity contribution in [1.29, 1.82) is 0 Å². The molecule has 0 aliphatic carbocycles. The van der Waals surface area contributed by atoms with E-state index in [9.17, 15) is 4.79 Å². The zero-order valence-corrected chi connectivity index (χ0v) is 11.1. The van der Waals surface area contributed by atoms with Gasteiger partial charge < -0.3 is 5.32 Å². The average Bonchev–Trinajstić information content (AvgIpc) is 2.36. The number of benzene rings is 1. The van der Waals surface area contributed by atoms with E-state index in [0.29, 0.717) is 12.3 Å². The van der Waals surface area contributed by atoms with Crippen molar-refractivity contribution in [1.82, 2.24) is 5.32 Å². The van der Waals surface area contributed by atoms with Crippen molar-refractivity contribution in [2.24, 2.45) is 5.92 Å². The fourth-order valence-corrected chi connectivity index (χ4v) is 1.84. The van der Waals surface area contributed by atoms with Gasteiger partial charge in [0.1, 0.15) is 0 Å². The number of hydrogen-bond acceptors (Lipinski definition) is 2. The fraction of sp³-hybridized carbons (Fsp3) is 0.533. The minimum Gasteiger partial charge on any atom is -0.319 e. The van der Waals surface area contributed by atoms with Crippen molar-refractivity contribution in [2.45, 2.75) is 33.1 Å². The number of rotatable bonds is 7. The molecule has 0 aliphatic heterocycles.